The lowest BCUT2D eigenvalue weighted by Gasteiger charge is -2.32. The van der Waals surface area contributed by atoms with Gasteiger partial charge in [0.25, 0.3) is 0 Å². The number of H-pyrrole nitrogens is 2. The number of fused-ring (bicyclic) bond motifs is 1. The van der Waals surface area contributed by atoms with Crippen molar-refractivity contribution in [3.63, 3.8) is 0 Å². The molecule has 2 heterocycles. The van der Waals surface area contributed by atoms with Crippen LogP contribution in [0.1, 0.15) is 5.56 Å². The van der Waals surface area contributed by atoms with Crippen molar-refractivity contribution in [3.8, 4) is 0 Å². The van der Waals surface area contributed by atoms with Crippen LogP contribution in [0, 0.1) is 0 Å². The molecule has 1 amide bonds. The van der Waals surface area contributed by atoms with Crippen LogP contribution in [-0.4, -0.2) is 58.9 Å². The van der Waals surface area contributed by atoms with Gasteiger partial charge in [0, 0.05) is 26.2 Å². The van der Waals surface area contributed by atoms with Gasteiger partial charge in [-0.15, -0.1) is 0 Å². The summed E-state index contributed by atoms with van der Waals surface area (Å²) in [4.78, 5) is 33.0. The van der Waals surface area contributed by atoms with Crippen LogP contribution >= 0.6 is 0 Å². The number of hydrogen-bond donors (Lipinski definition) is 2. The first kappa shape index (κ1) is 12.9. The maximum absolute atomic E-state index is 12.2. The van der Waals surface area contributed by atoms with Crippen LogP contribution in [0.15, 0.2) is 23.0 Å². The number of nitrogens with one attached hydrogen (secondary N) is 2. The van der Waals surface area contributed by atoms with Gasteiger partial charge < -0.3 is 19.8 Å². The molecule has 0 radical (unpaired) electrons. The lowest BCUT2D eigenvalue weighted by Crippen LogP contribution is -2.47. The number of piperazine rings is 1. The Morgan fingerprint density at radius 2 is 1.85 bits per heavy atom. The molecule has 3 rings (SSSR count). The number of benzene rings is 1. The van der Waals surface area contributed by atoms with E-state index < -0.39 is 0 Å². The number of amides is 1. The molecule has 0 saturated carbocycles. The summed E-state index contributed by atoms with van der Waals surface area (Å²) in [5.74, 6) is 0.148. The van der Waals surface area contributed by atoms with Crippen LogP contribution in [-0.2, 0) is 11.2 Å². The van der Waals surface area contributed by atoms with Crippen molar-refractivity contribution < 1.29 is 4.79 Å². The average Bonchev–Trinajstić information content (AvgIpc) is 2.78. The van der Waals surface area contributed by atoms with E-state index in [0.29, 0.717) is 6.42 Å². The Balaban J connectivity index is 1.72. The molecule has 0 bridgehead atoms. The van der Waals surface area contributed by atoms with Crippen LogP contribution in [0.4, 0.5) is 0 Å². The number of aromatic amines is 2. The largest absolute Gasteiger partial charge is 0.340 e. The zero-order valence-corrected chi connectivity index (χ0v) is 11.5. The highest BCUT2D eigenvalue weighted by Crippen LogP contribution is 2.12. The summed E-state index contributed by atoms with van der Waals surface area (Å²) in [6.07, 6.45) is 0.382. The van der Waals surface area contributed by atoms with Gasteiger partial charge >= 0.3 is 5.69 Å². The third-order valence-corrected chi connectivity index (χ3v) is 3.79. The minimum absolute atomic E-state index is 0.148. The Morgan fingerprint density at radius 1 is 1.15 bits per heavy atom. The zero-order chi connectivity index (χ0) is 14.1. The fraction of sp³-hybridized carbons (Fsp3) is 0.429. The topological polar surface area (TPSA) is 72.2 Å². The van der Waals surface area contributed by atoms with Crippen molar-refractivity contribution in [2.45, 2.75) is 6.42 Å². The quantitative estimate of drug-likeness (QED) is 0.820. The lowest BCUT2D eigenvalue weighted by molar-refractivity contribution is -0.132. The SMILES string of the molecule is CN1CCN(C(=O)Cc2ccc3[nH]c(=O)[nH]c3c2)CC1. The molecule has 0 atom stereocenters. The van der Waals surface area contributed by atoms with Crippen LogP contribution < -0.4 is 5.69 Å². The van der Waals surface area contributed by atoms with Gasteiger partial charge in [-0.2, -0.15) is 0 Å². The fourth-order valence-corrected chi connectivity index (χ4v) is 2.53. The summed E-state index contributed by atoms with van der Waals surface area (Å²) >= 11 is 0. The van der Waals surface area contributed by atoms with Gasteiger partial charge in [0.15, 0.2) is 0 Å². The van der Waals surface area contributed by atoms with Crippen molar-refractivity contribution in [2.75, 3.05) is 33.2 Å². The first-order chi connectivity index (χ1) is 9.61. The molecule has 106 valence electrons. The maximum Gasteiger partial charge on any atom is 0.323 e. The Morgan fingerprint density at radius 3 is 2.60 bits per heavy atom. The molecule has 6 heteroatoms. The van der Waals surface area contributed by atoms with Crippen molar-refractivity contribution in [3.05, 3.63) is 34.2 Å². The highest BCUT2D eigenvalue weighted by molar-refractivity contribution is 5.81. The zero-order valence-electron chi connectivity index (χ0n) is 11.5. The van der Waals surface area contributed by atoms with Gasteiger partial charge in [0.05, 0.1) is 17.5 Å². The molecule has 1 fully saturated rings. The summed E-state index contributed by atoms with van der Waals surface area (Å²) < 4.78 is 0. The average molecular weight is 274 g/mol. The number of likely N-dealkylation sites (N-methyl/N-ethyl adjacent to an activating group) is 1. The van der Waals surface area contributed by atoms with Gasteiger partial charge in [0.1, 0.15) is 0 Å². The molecule has 2 aromatic rings. The molecular formula is C14H18N4O2. The van der Waals surface area contributed by atoms with E-state index in [-0.39, 0.29) is 11.6 Å². The smallest absolute Gasteiger partial charge is 0.323 e. The van der Waals surface area contributed by atoms with E-state index in [2.05, 4.69) is 21.9 Å². The van der Waals surface area contributed by atoms with Gasteiger partial charge in [0.2, 0.25) is 5.91 Å². The second-order valence-corrected chi connectivity index (χ2v) is 5.32. The number of hydrogen-bond acceptors (Lipinski definition) is 3. The minimum Gasteiger partial charge on any atom is -0.340 e. The van der Waals surface area contributed by atoms with E-state index in [4.69, 9.17) is 0 Å². The van der Waals surface area contributed by atoms with Crippen LogP contribution in [0.2, 0.25) is 0 Å². The molecule has 20 heavy (non-hydrogen) atoms. The highest BCUT2D eigenvalue weighted by Gasteiger charge is 2.19. The van der Waals surface area contributed by atoms with Crippen LogP contribution in [0.3, 0.4) is 0 Å². The molecule has 1 saturated heterocycles. The molecular weight excluding hydrogens is 256 g/mol. The molecule has 0 unspecified atom stereocenters. The van der Waals surface area contributed by atoms with Gasteiger partial charge in [-0.3, -0.25) is 4.79 Å². The molecule has 6 nitrogen and oxygen atoms in total. The number of aromatic nitrogens is 2. The third kappa shape index (κ3) is 2.60. The standard InChI is InChI=1S/C14H18N4O2/c1-17-4-6-18(7-5-17)13(19)9-10-2-3-11-12(8-10)16-14(20)15-11/h2-3,8H,4-7,9H2,1H3,(H2,15,16,20). The molecule has 0 spiro atoms. The number of carbonyl (C=O) groups is 1. The first-order valence-electron chi connectivity index (χ1n) is 6.79. The summed E-state index contributed by atoms with van der Waals surface area (Å²) in [5.41, 5.74) is 2.23. The van der Waals surface area contributed by atoms with Crippen molar-refractivity contribution in [1.82, 2.24) is 19.8 Å². The van der Waals surface area contributed by atoms with E-state index in [1.807, 2.05) is 23.1 Å². The van der Waals surface area contributed by atoms with E-state index >= 15 is 0 Å². The van der Waals surface area contributed by atoms with Crippen molar-refractivity contribution >= 4 is 16.9 Å². The maximum atomic E-state index is 12.2. The van der Waals surface area contributed by atoms with Crippen molar-refractivity contribution in [1.29, 1.82) is 0 Å². The number of nitrogens with zero attached hydrogens (tertiary/aromatic N) is 2. The molecule has 1 aromatic carbocycles. The first-order valence-corrected chi connectivity index (χ1v) is 6.79. The van der Waals surface area contributed by atoms with Gasteiger partial charge in [-0.05, 0) is 24.7 Å². The monoisotopic (exact) mass is 274 g/mol. The Kier molecular flexibility index (Phi) is 3.31. The van der Waals surface area contributed by atoms with Crippen LogP contribution in [0.5, 0.6) is 0 Å². The summed E-state index contributed by atoms with van der Waals surface area (Å²) in [7, 11) is 2.07. The van der Waals surface area contributed by atoms with Crippen molar-refractivity contribution in [2.24, 2.45) is 0 Å². The number of rotatable bonds is 2. The molecule has 1 aliphatic heterocycles. The predicted octanol–water partition coefficient (Wildman–Crippen LogP) is 0.173. The summed E-state index contributed by atoms with van der Waals surface area (Å²) in [6.45, 7) is 3.43. The molecule has 1 aliphatic rings. The van der Waals surface area contributed by atoms with E-state index in [1.54, 1.807) is 0 Å². The van der Waals surface area contributed by atoms with Gasteiger partial charge in [-0.1, -0.05) is 6.07 Å². The van der Waals surface area contributed by atoms with E-state index in [0.717, 1.165) is 42.8 Å². The molecule has 2 N–H and O–H groups in total. The second kappa shape index (κ2) is 5.13. The summed E-state index contributed by atoms with van der Waals surface area (Å²) in [6, 6.07) is 5.58. The summed E-state index contributed by atoms with van der Waals surface area (Å²) in [5, 5.41) is 0. The predicted molar refractivity (Wildman–Crippen MR) is 76.7 cm³/mol. The second-order valence-electron chi connectivity index (χ2n) is 5.32. The Hall–Kier alpha value is -2.08. The van der Waals surface area contributed by atoms with Crippen LogP contribution in [0.25, 0.3) is 11.0 Å². The van der Waals surface area contributed by atoms with Gasteiger partial charge in [-0.25, -0.2) is 4.79 Å². The van der Waals surface area contributed by atoms with E-state index in [1.165, 1.54) is 0 Å². The number of imidazole rings is 1. The highest BCUT2D eigenvalue weighted by atomic mass is 16.2. The Labute approximate surface area is 116 Å². The molecule has 0 aliphatic carbocycles. The normalized spacial score (nSPS) is 16.8. The number of carbonyl (C=O) groups excluding carboxylic acids is 1. The lowest BCUT2D eigenvalue weighted by atomic mass is 10.1. The molecule has 1 aromatic heterocycles. The minimum atomic E-state index is -0.220. The fourth-order valence-electron chi connectivity index (χ4n) is 2.53. The third-order valence-electron chi connectivity index (χ3n) is 3.79. The van der Waals surface area contributed by atoms with E-state index in [9.17, 15) is 9.59 Å². The Bertz CT molecular complexity index is 680.